The Hall–Kier alpha value is -0.330. The zero-order valence-corrected chi connectivity index (χ0v) is 13.3. The average molecular weight is 381 g/mol. The number of hydrogen-bond acceptors (Lipinski definition) is 2. The van der Waals surface area contributed by atoms with E-state index >= 15 is 0 Å². The standard InChI is InChI=1S/C13H17IN2O.ClH/c1-9-6-11(14)2-3-12(9)16-13(17)7-10-4-5-15-8-10;/h2-3,6,10,15H,4-5,7-8H2,1H3,(H,16,17);1H. The molecule has 2 N–H and O–H groups in total. The Labute approximate surface area is 128 Å². The first-order chi connectivity index (χ1) is 8.15. The van der Waals surface area contributed by atoms with Gasteiger partial charge in [0.2, 0.25) is 5.91 Å². The van der Waals surface area contributed by atoms with Crippen LogP contribution in [0.2, 0.25) is 0 Å². The third-order valence-electron chi connectivity index (χ3n) is 3.10. The van der Waals surface area contributed by atoms with E-state index in [0.29, 0.717) is 12.3 Å². The number of rotatable bonds is 3. The van der Waals surface area contributed by atoms with Crippen molar-refractivity contribution in [3.05, 3.63) is 27.3 Å². The van der Waals surface area contributed by atoms with Crippen LogP contribution in [0.1, 0.15) is 18.4 Å². The monoisotopic (exact) mass is 380 g/mol. The molecule has 2 rings (SSSR count). The highest BCUT2D eigenvalue weighted by molar-refractivity contribution is 14.1. The Kier molecular flexibility index (Phi) is 6.38. The fraction of sp³-hybridized carbons (Fsp3) is 0.462. The predicted octanol–water partition coefficient (Wildman–Crippen LogP) is 2.96. The molecular weight excluding hydrogens is 363 g/mol. The van der Waals surface area contributed by atoms with Crippen molar-refractivity contribution in [2.75, 3.05) is 18.4 Å². The van der Waals surface area contributed by atoms with Gasteiger partial charge in [0.25, 0.3) is 0 Å². The number of nitrogens with one attached hydrogen (secondary N) is 2. The second kappa shape index (κ2) is 7.31. The molecule has 1 aromatic carbocycles. The summed E-state index contributed by atoms with van der Waals surface area (Å²) < 4.78 is 1.19. The number of benzene rings is 1. The van der Waals surface area contributed by atoms with Crippen molar-refractivity contribution in [2.24, 2.45) is 5.92 Å². The van der Waals surface area contributed by atoms with Crippen LogP contribution in [0.15, 0.2) is 18.2 Å². The predicted molar refractivity (Wildman–Crippen MR) is 85.4 cm³/mol. The van der Waals surface area contributed by atoms with E-state index in [1.54, 1.807) is 0 Å². The summed E-state index contributed by atoms with van der Waals surface area (Å²) in [7, 11) is 0. The van der Waals surface area contributed by atoms with Crippen LogP contribution in [0.25, 0.3) is 0 Å². The van der Waals surface area contributed by atoms with E-state index in [-0.39, 0.29) is 18.3 Å². The average Bonchev–Trinajstić information content (AvgIpc) is 2.75. The number of amides is 1. The first kappa shape index (κ1) is 15.7. The zero-order chi connectivity index (χ0) is 12.3. The fourth-order valence-corrected chi connectivity index (χ4v) is 2.77. The van der Waals surface area contributed by atoms with Crippen molar-refractivity contribution < 1.29 is 4.79 Å². The molecule has 0 aromatic heterocycles. The Morgan fingerprint density at radius 2 is 2.33 bits per heavy atom. The lowest BCUT2D eigenvalue weighted by Gasteiger charge is -2.11. The van der Waals surface area contributed by atoms with E-state index in [4.69, 9.17) is 0 Å². The van der Waals surface area contributed by atoms with Gasteiger partial charge in [0.05, 0.1) is 0 Å². The molecule has 3 nitrogen and oxygen atoms in total. The van der Waals surface area contributed by atoms with Crippen LogP contribution in [-0.2, 0) is 4.79 Å². The minimum absolute atomic E-state index is 0. The molecular formula is C13H18ClIN2O. The molecule has 100 valence electrons. The summed E-state index contributed by atoms with van der Waals surface area (Å²) in [5.74, 6) is 0.627. The maximum atomic E-state index is 11.9. The highest BCUT2D eigenvalue weighted by Crippen LogP contribution is 2.19. The van der Waals surface area contributed by atoms with Crippen molar-refractivity contribution in [3.8, 4) is 0 Å². The lowest BCUT2D eigenvalue weighted by molar-refractivity contribution is -0.116. The molecule has 5 heteroatoms. The quantitative estimate of drug-likeness (QED) is 0.792. The largest absolute Gasteiger partial charge is 0.326 e. The normalized spacial score (nSPS) is 18.2. The first-order valence-electron chi connectivity index (χ1n) is 5.92. The maximum absolute atomic E-state index is 11.9. The van der Waals surface area contributed by atoms with Gasteiger partial charge in [-0.2, -0.15) is 0 Å². The summed E-state index contributed by atoms with van der Waals surface area (Å²) in [6, 6.07) is 6.06. The minimum atomic E-state index is 0. The van der Waals surface area contributed by atoms with Gasteiger partial charge in [-0.1, -0.05) is 0 Å². The summed E-state index contributed by atoms with van der Waals surface area (Å²) in [5.41, 5.74) is 2.05. The van der Waals surface area contributed by atoms with E-state index < -0.39 is 0 Å². The Balaban J connectivity index is 0.00000162. The number of anilines is 1. The third kappa shape index (κ3) is 4.40. The van der Waals surface area contributed by atoms with E-state index in [0.717, 1.165) is 30.8 Å². The van der Waals surface area contributed by atoms with Crippen LogP contribution in [0.5, 0.6) is 0 Å². The van der Waals surface area contributed by atoms with Crippen LogP contribution < -0.4 is 10.6 Å². The van der Waals surface area contributed by atoms with E-state index in [2.05, 4.69) is 39.3 Å². The third-order valence-corrected chi connectivity index (χ3v) is 3.77. The summed E-state index contributed by atoms with van der Waals surface area (Å²) in [6.07, 6.45) is 1.73. The van der Waals surface area contributed by atoms with Gasteiger partial charge in [-0.25, -0.2) is 0 Å². The van der Waals surface area contributed by atoms with Gasteiger partial charge >= 0.3 is 0 Å². The van der Waals surface area contributed by atoms with Crippen LogP contribution >= 0.6 is 35.0 Å². The first-order valence-corrected chi connectivity index (χ1v) is 7.00. The second-order valence-electron chi connectivity index (χ2n) is 4.57. The number of halogens is 2. The molecule has 0 bridgehead atoms. The van der Waals surface area contributed by atoms with Gasteiger partial charge in [-0.05, 0) is 78.7 Å². The molecule has 1 atom stereocenters. The van der Waals surface area contributed by atoms with Gasteiger partial charge in [-0.3, -0.25) is 4.79 Å². The van der Waals surface area contributed by atoms with E-state index in [1.807, 2.05) is 19.1 Å². The maximum Gasteiger partial charge on any atom is 0.224 e. The van der Waals surface area contributed by atoms with Gasteiger partial charge in [0.15, 0.2) is 0 Å². The highest BCUT2D eigenvalue weighted by Gasteiger charge is 2.18. The molecule has 0 spiro atoms. The molecule has 0 saturated carbocycles. The van der Waals surface area contributed by atoms with Crippen molar-refractivity contribution in [1.82, 2.24) is 5.32 Å². The Bertz CT molecular complexity index is 419. The second-order valence-corrected chi connectivity index (χ2v) is 5.82. The zero-order valence-electron chi connectivity index (χ0n) is 10.3. The molecule has 1 unspecified atom stereocenters. The molecule has 1 amide bonds. The Morgan fingerprint density at radius 1 is 1.56 bits per heavy atom. The number of carbonyl (C=O) groups excluding carboxylic acids is 1. The molecule has 18 heavy (non-hydrogen) atoms. The van der Waals surface area contributed by atoms with Gasteiger partial charge < -0.3 is 10.6 Å². The van der Waals surface area contributed by atoms with Gasteiger partial charge in [-0.15, -0.1) is 12.4 Å². The molecule has 1 saturated heterocycles. The molecule has 0 aliphatic carbocycles. The van der Waals surface area contributed by atoms with Gasteiger partial charge in [0.1, 0.15) is 0 Å². The van der Waals surface area contributed by atoms with Crippen molar-refractivity contribution >= 4 is 46.6 Å². The topological polar surface area (TPSA) is 41.1 Å². The number of aryl methyl sites for hydroxylation is 1. The molecule has 0 radical (unpaired) electrons. The van der Waals surface area contributed by atoms with Crippen molar-refractivity contribution in [3.63, 3.8) is 0 Å². The fourth-order valence-electron chi connectivity index (χ4n) is 2.12. The summed E-state index contributed by atoms with van der Waals surface area (Å²) in [4.78, 5) is 11.9. The van der Waals surface area contributed by atoms with Crippen LogP contribution in [0.4, 0.5) is 5.69 Å². The minimum Gasteiger partial charge on any atom is -0.326 e. The molecule has 1 aliphatic heterocycles. The Morgan fingerprint density at radius 3 is 2.94 bits per heavy atom. The highest BCUT2D eigenvalue weighted by atomic mass is 127. The van der Waals surface area contributed by atoms with Crippen LogP contribution in [-0.4, -0.2) is 19.0 Å². The summed E-state index contributed by atoms with van der Waals surface area (Å²) in [5, 5.41) is 6.27. The lowest BCUT2D eigenvalue weighted by atomic mass is 10.0. The molecule has 1 heterocycles. The number of hydrogen-bond donors (Lipinski definition) is 2. The summed E-state index contributed by atoms with van der Waals surface area (Å²) in [6.45, 7) is 4.04. The van der Waals surface area contributed by atoms with Crippen LogP contribution in [0, 0.1) is 16.4 Å². The summed E-state index contributed by atoms with van der Waals surface area (Å²) >= 11 is 2.27. The van der Waals surface area contributed by atoms with Crippen molar-refractivity contribution in [2.45, 2.75) is 19.8 Å². The van der Waals surface area contributed by atoms with E-state index in [9.17, 15) is 4.79 Å². The van der Waals surface area contributed by atoms with Crippen LogP contribution in [0.3, 0.4) is 0 Å². The SMILES string of the molecule is Cc1cc(I)ccc1NC(=O)CC1CCNC1.Cl. The van der Waals surface area contributed by atoms with Crippen molar-refractivity contribution in [1.29, 1.82) is 0 Å². The molecule has 1 aromatic rings. The van der Waals surface area contributed by atoms with E-state index in [1.165, 1.54) is 3.57 Å². The number of carbonyl (C=O) groups is 1. The van der Waals surface area contributed by atoms with Gasteiger partial charge in [0, 0.05) is 15.7 Å². The smallest absolute Gasteiger partial charge is 0.224 e. The molecule has 1 aliphatic rings. The lowest BCUT2D eigenvalue weighted by Crippen LogP contribution is -2.18. The molecule has 1 fully saturated rings.